The van der Waals surface area contributed by atoms with Gasteiger partial charge in [0, 0.05) is 0 Å². The Morgan fingerprint density at radius 1 is 0.833 bits per heavy atom. The SMILES string of the molecule is Cc1cc(C(O)c2ccc(F)c(C)c2)ccc1F. The Bertz CT molecular complexity index is 527. The van der Waals surface area contributed by atoms with Crippen LogP contribution >= 0.6 is 0 Å². The molecule has 0 amide bonds. The summed E-state index contributed by atoms with van der Waals surface area (Å²) in [5.41, 5.74) is 2.15. The second-order valence-corrected chi connectivity index (χ2v) is 4.42. The van der Waals surface area contributed by atoms with Gasteiger partial charge >= 0.3 is 0 Å². The molecule has 0 fully saturated rings. The van der Waals surface area contributed by atoms with Crippen molar-refractivity contribution in [3.8, 4) is 0 Å². The fraction of sp³-hybridized carbons (Fsp3) is 0.200. The highest BCUT2D eigenvalue weighted by molar-refractivity contribution is 5.34. The maximum atomic E-state index is 13.2. The highest BCUT2D eigenvalue weighted by Crippen LogP contribution is 2.24. The zero-order chi connectivity index (χ0) is 13.3. The summed E-state index contributed by atoms with van der Waals surface area (Å²) in [6.45, 7) is 3.28. The minimum Gasteiger partial charge on any atom is -0.384 e. The normalized spacial score (nSPS) is 11.0. The third-order valence-electron chi connectivity index (χ3n) is 3.00. The van der Waals surface area contributed by atoms with Crippen molar-refractivity contribution < 1.29 is 13.9 Å². The topological polar surface area (TPSA) is 20.2 Å². The monoisotopic (exact) mass is 248 g/mol. The largest absolute Gasteiger partial charge is 0.384 e. The van der Waals surface area contributed by atoms with Crippen molar-refractivity contribution in [2.75, 3.05) is 0 Å². The molecule has 1 N–H and O–H groups in total. The van der Waals surface area contributed by atoms with Crippen LogP contribution in [0.3, 0.4) is 0 Å². The first kappa shape index (κ1) is 12.7. The van der Waals surface area contributed by atoms with Crippen LogP contribution in [0.1, 0.15) is 28.4 Å². The molecule has 0 atom stereocenters. The van der Waals surface area contributed by atoms with Gasteiger partial charge in [0.15, 0.2) is 0 Å². The fourth-order valence-electron chi connectivity index (χ4n) is 1.87. The second kappa shape index (κ2) is 4.86. The van der Waals surface area contributed by atoms with Crippen molar-refractivity contribution in [1.29, 1.82) is 0 Å². The number of halogens is 2. The number of hydrogen-bond acceptors (Lipinski definition) is 1. The molecule has 0 aliphatic carbocycles. The number of hydrogen-bond donors (Lipinski definition) is 1. The van der Waals surface area contributed by atoms with E-state index in [9.17, 15) is 13.9 Å². The molecule has 0 bridgehead atoms. The summed E-state index contributed by atoms with van der Waals surface area (Å²) in [4.78, 5) is 0. The van der Waals surface area contributed by atoms with Crippen LogP contribution in [0.25, 0.3) is 0 Å². The summed E-state index contributed by atoms with van der Waals surface area (Å²) in [7, 11) is 0. The Morgan fingerprint density at radius 2 is 1.22 bits per heavy atom. The molecule has 2 rings (SSSR count). The molecule has 18 heavy (non-hydrogen) atoms. The fourth-order valence-corrected chi connectivity index (χ4v) is 1.87. The van der Waals surface area contributed by atoms with E-state index in [1.165, 1.54) is 24.3 Å². The molecular weight excluding hydrogens is 234 g/mol. The van der Waals surface area contributed by atoms with Crippen LogP contribution in [0.2, 0.25) is 0 Å². The molecule has 0 aliphatic rings. The molecule has 0 aromatic heterocycles. The third kappa shape index (κ3) is 2.41. The van der Waals surface area contributed by atoms with Crippen LogP contribution < -0.4 is 0 Å². The number of aliphatic hydroxyl groups excluding tert-OH is 1. The van der Waals surface area contributed by atoms with Crippen LogP contribution in [-0.2, 0) is 0 Å². The van der Waals surface area contributed by atoms with E-state index in [0.29, 0.717) is 22.3 Å². The molecule has 2 aromatic rings. The maximum Gasteiger partial charge on any atom is 0.126 e. The molecule has 2 aromatic carbocycles. The first-order valence-electron chi connectivity index (χ1n) is 5.69. The van der Waals surface area contributed by atoms with Crippen LogP contribution in [0.5, 0.6) is 0 Å². The van der Waals surface area contributed by atoms with Crippen molar-refractivity contribution in [1.82, 2.24) is 0 Å². The molecule has 0 unspecified atom stereocenters. The lowest BCUT2D eigenvalue weighted by Gasteiger charge is -2.13. The lowest BCUT2D eigenvalue weighted by molar-refractivity contribution is 0.220. The highest BCUT2D eigenvalue weighted by atomic mass is 19.1. The van der Waals surface area contributed by atoms with E-state index in [1.54, 1.807) is 26.0 Å². The van der Waals surface area contributed by atoms with Gasteiger partial charge in [-0.2, -0.15) is 0 Å². The third-order valence-corrected chi connectivity index (χ3v) is 3.00. The summed E-state index contributed by atoms with van der Waals surface area (Å²) >= 11 is 0. The van der Waals surface area contributed by atoms with Gasteiger partial charge in [-0.15, -0.1) is 0 Å². The van der Waals surface area contributed by atoms with Gasteiger partial charge in [-0.05, 0) is 48.2 Å². The van der Waals surface area contributed by atoms with Crippen molar-refractivity contribution >= 4 is 0 Å². The average Bonchev–Trinajstić information content (AvgIpc) is 2.35. The standard InChI is InChI=1S/C15H14F2O/c1-9-7-11(3-5-13(9)16)15(18)12-4-6-14(17)10(2)8-12/h3-8,15,18H,1-2H3. The van der Waals surface area contributed by atoms with Gasteiger partial charge in [0.2, 0.25) is 0 Å². The average molecular weight is 248 g/mol. The van der Waals surface area contributed by atoms with E-state index in [1.807, 2.05) is 0 Å². The molecule has 0 aliphatic heterocycles. The van der Waals surface area contributed by atoms with Crippen molar-refractivity contribution in [3.05, 3.63) is 70.3 Å². The molecule has 94 valence electrons. The lowest BCUT2D eigenvalue weighted by Crippen LogP contribution is -2.01. The Labute approximate surface area is 105 Å². The summed E-state index contributed by atoms with van der Waals surface area (Å²) in [6, 6.07) is 8.91. The van der Waals surface area contributed by atoms with E-state index in [-0.39, 0.29) is 11.6 Å². The first-order chi connectivity index (χ1) is 8.49. The Morgan fingerprint density at radius 3 is 1.56 bits per heavy atom. The number of aryl methyl sites for hydroxylation is 2. The Hall–Kier alpha value is -1.74. The molecule has 0 spiro atoms. The zero-order valence-electron chi connectivity index (χ0n) is 10.2. The van der Waals surface area contributed by atoms with Gasteiger partial charge in [-0.3, -0.25) is 0 Å². The van der Waals surface area contributed by atoms with Crippen LogP contribution in [0.15, 0.2) is 36.4 Å². The second-order valence-electron chi connectivity index (χ2n) is 4.42. The predicted octanol–water partition coefficient (Wildman–Crippen LogP) is 3.66. The van der Waals surface area contributed by atoms with Crippen LogP contribution in [0, 0.1) is 25.5 Å². The summed E-state index contributed by atoms with van der Waals surface area (Å²) in [5, 5.41) is 10.2. The zero-order valence-corrected chi connectivity index (χ0v) is 10.2. The number of aliphatic hydroxyl groups is 1. The first-order valence-corrected chi connectivity index (χ1v) is 5.69. The smallest absolute Gasteiger partial charge is 0.126 e. The van der Waals surface area contributed by atoms with Crippen molar-refractivity contribution in [3.63, 3.8) is 0 Å². The van der Waals surface area contributed by atoms with Gasteiger partial charge < -0.3 is 5.11 Å². The molecule has 3 heteroatoms. The summed E-state index contributed by atoms with van der Waals surface area (Å²) in [6.07, 6.45) is -0.872. The van der Waals surface area contributed by atoms with E-state index in [2.05, 4.69) is 0 Å². The van der Waals surface area contributed by atoms with E-state index in [4.69, 9.17) is 0 Å². The quantitative estimate of drug-likeness (QED) is 0.859. The number of rotatable bonds is 2. The number of benzene rings is 2. The van der Waals surface area contributed by atoms with Gasteiger partial charge in [0.05, 0.1) is 0 Å². The van der Waals surface area contributed by atoms with Gasteiger partial charge in [-0.25, -0.2) is 8.78 Å². The van der Waals surface area contributed by atoms with Crippen molar-refractivity contribution in [2.45, 2.75) is 20.0 Å². The molecular formula is C15H14F2O. The molecule has 1 nitrogen and oxygen atoms in total. The predicted molar refractivity (Wildman–Crippen MR) is 66.3 cm³/mol. The van der Waals surface area contributed by atoms with E-state index >= 15 is 0 Å². The molecule has 0 saturated carbocycles. The summed E-state index contributed by atoms with van der Waals surface area (Å²) < 4.78 is 26.3. The minimum atomic E-state index is -0.872. The maximum absolute atomic E-state index is 13.2. The Kier molecular flexibility index (Phi) is 3.43. The summed E-state index contributed by atoms with van der Waals surface area (Å²) in [5.74, 6) is -0.609. The van der Waals surface area contributed by atoms with Gasteiger partial charge in [-0.1, -0.05) is 24.3 Å². The lowest BCUT2D eigenvalue weighted by atomic mass is 9.98. The van der Waals surface area contributed by atoms with E-state index in [0.717, 1.165) is 0 Å². The highest BCUT2D eigenvalue weighted by Gasteiger charge is 2.12. The van der Waals surface area contributed by atoms with Gasteiger partial charge in [0.1, 0.15) is 17.7 Å². The molecule has 0 radical (unpaired) electrons. The van der Waals surface area contributed by atoms with E-state index < -0.39 is 6.10 Å². The molecule has 0 heterocycles. The van der Waals surface area contributed by atoms with Crippen molar-refractivity contribution in [2.24, 2.45) is 0 Å². The van der Waals surface area contributed by atoms with Crippen LogP contribution in [0.4, 0.5) is 8.78 Å². The molecule has 0 saturated heterocycles. The minimum absolute atomic E-state index is 0.304. The van der Waals surface area contributed by atoms with Crippen LogP contribution in [-0.4, -0.2) is 5.11 Å². The Balaban J connectivity index is 2.37. The van der Waals surface area contributed by atoms with Gasteiger partial charge in [0.25, 0.3) is 0 Å².